The second-order valence-electron chi connectivity index (χ2n) is 4.60. The Hall–Kier alpha value is -2.40. The van der Waals surface area contributed by atoms with E-state index in [1.807, 2.05) is 25.1 Å². The van der Waals surface area contributed by atoms with Gasteiger partial charge in [-0.3, -0.25) is 9.78 Å². The zero-order chi connectivity index (χ0) is 13.9. The Morgan fingerprint density at radius 3 is 2.95 bits per heavy atom. The molecule has 21 heavy (non-hydrogen) atoms. The lowest BCUT2D eigenvalue weighted by Gasteiger charge is -2.05. The third-order valence-electron chi connectivity index (χ3n) is 3.04. The number of fused-ring (bicyclic) bond motifs is 1. The molecule has 0 spiro atoms. The number of H-pyrrole nitrogens is 1. The van der Waals surface area contributed by atoms with Gasteiger partial charge in [0, 0.05) is 18.9 Å². The van der Waals surface area contributed by atoms with Gasteiger partial charge in [-0.1, -0.05) is 6.07 Å². The molecule has 2 N–H and O–H groups in total. The third kappa shape index (κ3) is 3.38. The Labute approximate surface area is 128 Å². The number of halogens is 1. The van der Waals surface area contributed by atoms with Crippen LogP contribution in [-0.2, 0) is 6.54 Å². The molecule has 1 amide bonds. The van der Waals surface area contributed by atoms with Gasteiger partial charge in [0.05, 0.1) is 16.6 Å². The van der Waals surface area contributed by atoms with E-state index in [2.05, 4.69) is 20.3 Å². The lowest BCUT2D eigenvalue weighted by atomic mass is 10.2. The standard InChI is InChI=1S/C15H14N4O.ClH/c1-10-18-13-5-4-11(7-14(13)19-10)8-17-15(20)12-3-2-6-16-9-12;/h2-7,9H,8H2,1H3,(H,17,20)(H,18,19);1H. The monoisotopic (exact) mass is 302 g/mol. The average Bonchev–Trinajstić information content (AvgIpc) is 2.85. The van der Waals surface area contributed by atoms with Crippen LogP contribution >= 0.6 is 12.4 Å². The fourth-order valence-corrected chi connectivity index (χ4v) is 2.08. The van der Waals surface area contributed by atoms with Crippen molar-refractivity contribution in [3.05, 3.63) is 59.7 Å². The molecule has 0 aliphatic rings. The van der Waals surface area contributed by atoms with Crippen LogP contribution in [0.25, 0.3) is 11.0 Å². The van der Waals surface area contributed by atoms with Crippen molar-refractivity contribution in [3.8, 4) is 0 Å². The van der Waals surface area contributed by atoms with E-state index in [1.165, 1.54) is 0 Å². The first kappa shape index (κ1) is 15.0. The number of hydrogen-bond acceptors (Lipinski definition) is 3. The summed E-state index contributed by atoms with van der Waals surface area (Å²) in [5.74, 6) is 0.760. The maximum absolute atomic E-state index is 11.9. The number of aromatic nitrogens is 3. The normalized spacial score (nSPS) is 10.1. The summed E-state index contributed by atoms with van der Waals surface area (Å²) in [7, 11) is 0. The highest BCUT2D eigenvalue weighted by Crippen LogP contribution is 2.13. The van der Waals surface area contributed by atoms with Crippen LogP contribution in [0.3, 0.4) is 0 Å². The first-order valence-corrected chi connectivity index (χ1v) is 6.36. The van der Waals surface area contributed by atoms with Gasteiger partial charge in [0.15, 0.2) is 0 Å². The van der Waals surface area contributed by atoms with Crippen LogP contribution in [0, 0.1) is 6.92 Å². The van der Waals surface area contributed by atoms with Crippen molar-refractivity contribution in [1.82, 2.24) is 20.3 Å². The molecule has 2 aromatic heterocycles. The lowest BCUT2D eigenvalue weighted by molar-refractivity contribution is 0.0950. The second kappa shape index (κ2) is 6.37. The topological polar surface area (TPSA) is 70.7 Å². The summed E-state index contributed by atoms with van der Waals surface area (Å²) in [5, 5.41) is 2.87. The summed E-state index contributed by atoms with van der Waals surface area (Å²) >= 11 is 0. The van der Waals surface area contributed by atoms with E-state index in [9.17, 15) is 4.79 Å². The van der Waals surface area contributed by atoms with E-state index < -0.39 is 0 Å². The quantitative estimate of drug-likeness (QED) is 0.781. The number of carbonyl (C=O) groups is 1. The molecule has 0 radical (unpaired) electrons. The van der Waals surface area contributed by atoms with Gasteiger partial charge in [-0.2, -0.15) is 0 Å². The Morgan fingerprint density at radius 2 is 2.19 bits per heavy atom. The van der Waals surface area contributed by atoms with Gasteiger partial charge in [0.2, 0.25) is 0 Å². The molecule has 0 atom stereocenters. The fraction of sp³-hybridized carbons (Fsp3) is 0.133. The van der Waals surface area contributed by atoms with E-state index in [1.54, 1.807) is 24.5 Å². The number of nitrogens with one attached hydrogen (secondary N) is 2. The number of hydrogen-bond donors (Lipinski definition) is 2. The molecule has 2 heterocycles. The maximum atomic E-state index is 11.9. The summed E-state index contributed by atoms with van der Waals surface area (Å²) in [4.78, 5) is 23.4. The number of pyridine rings is 1. The zero-order valence-corrected chi connectivity index (χ0v) is 12.3. The number of nitrogens with zero attached hydrogens (tertiary/aromatic N) is 2. The van der Waals surface area contributed by atoms with E-state index in [-0.39, 0.29) is 18.3 Å². The SMILES string of the molecule is Cc1nc2ccc(CNC(=O)c3cccnc3)cc2[nH]1.Cl. The van der Waals surface area contributed by atoms with Crippen LogP contribution in [-0.4, -0.2) is 20.9 Å². The van der Waals surface area contributed by atoms with Crippen molar-refractivity contribution in [2.45, 2.75) is 13.5 Å². The average molecular weight is 303 g/mol. The van der Waals surface area contributed by atoms with Crippen LogP contribution in [0.4, 0.5) is 0 Å². The molecule has 0 saturated heterocycles. The van der Waals surface area contributed by atoms with Gasteiger partial charge in [0.25, 0.3) is 5.91 Å². The molecule has 108 valence electrons. The number of aromatic amines is 1. The van der Waals surface area contributed by atoms with Gasteiger partial charge in [0.1, 0.15) is 5.82 Å². The lowest BCUT2D eigenvalue weighted by Crippen LogP contribution is -2.22. The summed E-state index contributed by atoms with van der Waals surface area (Å²) in [6.45, 7) is 2.39. The van der Waals surface area contributed by atoms with Crippen molar-refractivity contribution >= 4 is 29.3 Å². The highest BCUT2D eigenvalue weighted by molar-refractivity contribution is 5.93. The summed E-state index contributed by atoms with van der Waals surface area (Å²) < 4.78 is 0. The van der Waals surface area contributed by atoms with Crippen LogP contribution in [0.5, 0.6) is 0 Å². The predicted octanol–water partition coefficient (Wildman–Crippen LogP) is 2.62. The van der Waals surface area contributed by atoms with Gasteiger partial charge < -0.3 is 10.3 Å². The number of benzene rings is 1. The molecule has 0 aliphatic heterocycles. The van der Waals surface area contributed by atoms with Crippen molar-refractivity contribution in [2.24, 2.45) is 0 Å². The molecule has 0 bridgehead atoms. The van der Waals surface area contributed by atoms with E-state index in [4.69, 9.17) is 0 Å². The van der Waals surface area contributed by atoms with E-state index in [0.717, 1.165) is 22.4 Å². The van der Waals surface area contributed by atoms with Gasteiger partial charge in [-0.25, -0.2) is 4.98 Å². The van der Waals surface area contributed by atoms with Gasteiger partial charge in [-0.15, -0.1) is 12.4 Å². The first-order chi connectivity index (χ1) is 9.72. The van der Waals surface area contributed by atoms with Crippen LogP contribution in [0.2, 0.25) is 0 Å². The molecule has 0 aliphatic carbocycles. The molecule has 0 unspecified atom stereocenters. The summed E-state index contributed by atoms with van der Waals surface area (Å²) in [6, 6.07) is 9.40. The third-order valence-corrected chi connectivity index (χ3v) is 3.04. The first-order valence-electron chi connectivity index (χ1n) is 6.36. The molecule has 3 rings (SSSR count). The van der Waals surface area contributed by atoms with Crippen LogP contribution in [0.1, 0.15) is 21.7 Å². The van der Waals surface area contributed by atoms with Crippen molar-refractivity contribution in [3.63, 3.8) is 0 Å². The molecule has 1 aromatic carbocycles. The molecule has 3 aromatic rings. The Balaban J connectivity index is 0.00000161. The van der Waals surface area contributed by atoms with Gasteiger partial charge >= 0.3 is 0 Å². The van der Waals surface area contributed by atoms with Gasteiger partial charge in [-0.05, 0) is 36.8 Å². The largest absolute Gasteiger partial charge is 0.348 e. The Kier molecular flexibility index (Phi) is 4.55. The summed E-state index contributed by atoms with van der Waals surface area (Å²) in [6.07, 6.45) is 3.20. The van der Waals surface area contributed by atoms with Crippen LogP contribution in [0.15, 0.2) is 42.7 Å². The van der Waals surface area contributed by atoms with E-state index in [0.29, 0.717) is 12.1 Å². The van der Waals surface area contributed by atoms with Crippen molar-refractivity contribution < 1.29 is 4.79 Å². The predicted molar refractivity (Wildman–Crippen MR) is 83.5 cm³/mol. The molecule has 0 saturated carbocycles. The summed E-state index contributed by atoms with van der Waals surface area (Å²) in [5.41, 5.74) is 3.50. The number of carbonyl (C=O) groups excluding carboxylic acids is 1. The highest BCUT2D eigenvalue weighted by atomic mass is 35.5. The molecular formula is C15H15ClN4O. The van der Waals surface area contributed by atoms with Crippen LogP contribution < -0.4 is 5.32 Å². The second-order valence-corrected chi connectivity index (χ2v) is 4.60. The highest BCUT2D eigenvalue weighted by Gasteiger charge is 2.05. The number of imidazole rings is 1. The smallest absolute Gasteiger partial charge is 0.253 e. The molecule has 0 fully saturated rings. The molecule has 5 nitrogen and oxygen atoms in total. The molecule has 6 heteroatoms. The number of amides is 1. The zero-order valence-electron chi connectivity index (χ0n) is 11.5. The van der Waals surface area contributed by atoms with Crippen molar-refractivity contribution in [2.75, 3.05) is 0 Å². The number of rotatable bonds is 3. The maximum Gasteiger partial charge on any atom is 0.253 e. The fourth-order valence-electron chi connectivity index (χ4n) is 2.08. The van der Waals surface area contributed by atoms with Crippen molar-refractivity contribution in [1.29, 1.82) is 0 Å². The minimum Gasteiger partial charge on any atom is -0.348 e. The minimum absolute atomic E-state index is 0. The Morgan fingerprint density at radius 1 is 1.33 bits per heavy atom. The minimum atomic E-state index is -0.126. The van der Waals surface area contributed by atoms with E-state index >= 15 is 0 Å². The Bertz CT molecular complexity index is 755. The molecular weight excluding hydrogens is 288 g/mol. The number of aryl methyl sites for hydroxylation is 1.